The molecule has 88 valence electrons. The Morgan fingerprint density at radius 3 is 2.69 bits per heavy atom. The largest absolute Gasteiger partial charge is 0.322 e. The second kappa shape index (κ2) is 4.56. The van der Waals surface area contributed by atoms with E-state index in [0.717, 1.165) is 12.8 Å². The van der Waals surface area contributed by atoms with Gasteiger partial charge in [0.1, 0.15) is 2.82 Å². The Labute approximate surface area is 107 Å². The van der Waals surface area contributed by atoms with E-state index in [0.29, 0.717) is 18.7 Å². The molecule has 0 saturated carbocycles. The van der Waals surface area contributed by atoms with Crippen LogP contribution < -0.4 is 5.72 Å². The van der Waals surface area contributed by atoms with Crippen LogP contribution >= 0.6 is 0 Å². The smallest absolute Gasteiger partial charge is 0.119 e. The normalized spacial score (nSPS) is 31.4. The molecule has 0 spiro atoms. The van der Waals surface area contributed by atoms with Gasteiger partial charge < -0.3 is 5.72 Å². The van der Waals surface area contributed by atoms with Gasteiger partial charge in [-0.25, -0.2) is 0 Å². The minimum Gasteiger partial charge on any atom is -0.322 e. The number of likely N-dealkylation sites (tertiary alicyclic amines) is 1. The highest BCUT2D eigenvalue weighted by molar-refractivity contribution is 5.22. The van der Waals surface area contributed by atoms with Crippen LogP contribution in [0.5, 0.6) is 0 Å². The third-order valence-electron chi connectivity index (χ3n) is 3.25. The number of rotatable bonds is 4. The van der Waals surface area contributed by atoms with Crippen LogP contribution in [0.15, 0.2) is 30.3 Å². The van der Waals surface area contributed by atoms with Gasteiger partial charge in [-0.1, -0.05) is 30.3 Å². The van der Waals surface area contributed by atoms with Crippen molar-refractivity contribution in [1.29, 1.82) is 0 Å². The highest BCUT2D eigenvalue weighted by Crippen LogP contribution is 2.31. The van der Waals surface area contributed by atoms with Crippen molar-refractivity contribution in [3.63, 3.8) is 0 Å². The third kappa shape index (κ3) is 2.13. The zero-order valence-electron chi connectivity index (χ0n) is 15.6. The van der Waals surface area contributed by atoms with E-state index in [1.165, 1.54) is 6.92 Å². The summed E-state index contributed by atoms with van der Waals surface area (Å²) in [4.78, 5) is 1.75. The van der Waals surface area contributed by atoms with E-state index in [-0.39, 0.29) is 5.72 Å². The molecule has 1 fully saturated rings. The third-order valence-corrected chi connectivity index (χ3v) is 3.25. The van der Waals surface area contributed by atoms with Crippen LogP contribution in [0.25, 0.3) is 0 Å². The van der Waals surface area contributed by atoms with Crippen molar-refractivity contribution in [3.8, 4) is 0 Å². The SMILES string of the molecule is [2H]N([2H])C([2H])(c1ccccc1)C(C)(N1CCCC1)C([2H])([2H])[2H]. The fourth-order valence-electron chi connectivity index (χ4n) is 2.19. The Morgan fingerprint density at radius 1 is 1.44 bits per heavy atom. The Balaban J connectivity index is 2.65. The Hall–Kier alpha value is -0.860. The molecular weight excluding hydrogens is 196 g/mol. The van der Waals surface area contributed by atoms with Crippen LogP contribution in [0.2, 0.25) is 2.82 Å². The van der Waals surface area contributed by atoms with Gasteiger partial charge in [-0.3, -0.25) is 4.90 Å². The molecule has 0 aromatic heterocycles. The molecule has 2 rings (SSSR count). The van der Waals surface area contributed by atoms with E-state index in [1.54, 1.807) is 35.2 Å². The molecule has 1 saturated heterocycles. The molecule has 1 heterocycles. The first kappa shape index (κ1) is 6.18. The van der Waals surface area contributed by atoms with Crippen LogP contribution in [0.1, 0.15) is 43.7 Å². The quantitative estimate of drug-likeness (QED) is 0.851. The van der Waals surface area contributed by atoms with Crippen molar-refractivity contribution in [2.45, 2.75) is 38.2 Å². The first-order chi connectivity index (χ1) is 10.2. The van der Waals surface area contributed by atoms with E-state index in [1.807, 2.05) is 0 Å². The molecule has 2 nitrogen and oxygen atoms in total. The summed E-state index contributed by atoms with van der Waals surface area (Å²) in [5.41, 5.74) is -1.08. The van der Waals surface area contributed by atoms with Gasteiger partial charge in [0.25, 0.3) is 0 Å². The fraction of sp³-hybridized carbons (Fsp3) is 0.571. The summed E-state index contributed by atoms with van der Waals surface area (Å²) in [5, 5.41) is 0. The maximum Gasteiger partial charge on any atom is 0.119 e. The lowest BCUT2D eigenvalue weighted by Gasteiger charge is -2.40. The molecule has 1 aromatic rings. The zero-order chi connectivity index (χ0) is 16.6. The summed E-state index contributed by atoms with van der Waals surface area (Å²) in [6, 6.07) is 6.37. The lowest BCUT2D eigenvalue weighted by molar-refractivity contribution is 0.124. The molecule has 0 bridgehead atoms. The van der Waals surface area contributed by atoms with Crippen molar-refractivity contribution in [1.82, 2.24) is 4.90 Å². The molecule has 1 aliphatic rings. The topological polar surface area (TPSA) is 29.3 Å². The molecule has 0 aliphatic carbocycles. The van der Waals surface area contributed by atoms with E-state index in [2.05, 4.69) is 0 Å². The first-order valence-corrected chi connectivity index (χ1v) is 5.74. The summed E-state index contributed by atoms with van der Waals surface area (Å²) >= 11 is 0. The maximum atomic E-state index is 8.84. The van der Waals surface area contributed by atoms with Gasteiger partial charge >= 0.3 is 0 Å². The van der Waals surface area contributed by atoms with Gasteiger partial charge in [0, 0.05) is 15.7 Å². The van der Waals surface area contributed by atoms with Crippen molar-refractivity contribution >= 4 is 0 Å². The maximum absolute atomic E-state index is 8.84. The average Bonchev–Trinajstić information content (AvgIpc) is 2.99. The predicted molar refractivity (Wildman–Crippen MR) is 68.3 cm³/mol. The Kier molecular flexibility index (Phi) is 1.76. The Morgan fingerprint density at radius 2 is 2.12 bits per heavy atom. The highest BCUT2D eigenvalue weighted by atomic mass is 15.2. The van der Waals surface area contributed by atoms with Gasteiger partial charge in [-0.05, 0) is 45.3 Å². The number of nitrogens with two attached hydrogens (primary N) is 1. The second-order valence-electron chi connectivity index (χ2n) is 4.48. The predicted octanol–water partition coefficient (Wildman–Crippen LogP) is 2.56. The standard InChI is InChI=1S/C14H22N2/c1-14(2,16-10-6-7-11-16)13(15)12-8-4-3-5-9-12/h3-5,8-9,13H,6-7,10-11,15H2,1-2H3/i1D3,13D/hD2. The van der Waals surface area contributed by atoms with Crippen molar-refractivity contribution in [3.05, 3.63) is 35.9 Å². The summed E-state index contributed by atoms with van der Waals surface area (Å²) in [6.07, 6.45) is 1.74. The molecule has 2 atom stereocenters. The molecule has 1 aliphatic heterocycles. The van der Waals surface area contributed by atoms with Gasteiger partial charge in [0.15, 0.2) is 0 Å². The summed E-state index contributed by atoms with van der Waals surface area (Å²) in [5.74, 6) is 0. The molecule has 0 amide bonds. The van der Waals surface area contributed by atoms with Gasteiger partial charge in [-0.15, -0.1) is 0 Å². The lowest BCUT2D eigenvalue weighted by Crippen LogP contribution is -2.49. The summed E-state index contributed by atoms with van der Waals surface area (Å²) in [6.45, 7) is 0.114. The first-order valence-electron chi connectivity index (χ1n) is 8.63. The number of nitrogens with zero attached hydrogens (tertiary/aromatic N) is 1. The molecule has 2 N–H and O–H groups in total. The van der Waals surface area contributed by atoms with Crippen molar-refractivity contribution < 1.29 is 8.31 Å². The van der Waals surface area contributed by atoms with Crippen LogP contribution in [0, 0.1) is 0 Å². The van der Waals surface area contributed by atoms with E-state index >= 15 is 0 Å². The van der Waals surface area contributed by atoms with Crippen LogP contribution in [0.4, 0.5) is 0 Å². The molecular formula is C14H22N2. The summed E-state index contributed by atoms with van der Waals surface area (Å²) < 4.78 is 48.5. The molecule has 2 heteroatoms. The fourth-order valence-corrected chi connectivity index (χ4v) is 2.19. The van der Waals surface area contributed by atoms with Crippen LogP contribution in [0.3, 0.4) is 0 Å². The monoisotopic (exact) mass is 224 g/mol. The lowest BCUT2D eigenvalue weighted by atomic mass is 9.88. The van der Waals surface area contributed by atoms with E-state index in [4.69, 9.17) is 8.31 Å². The van der Waals surface area contributed by atoms with Crippen molar-refractivity contribution in [2.24, 2.45) is 5.72 Å². The minimum absolute atomic E-state index is 0.229. The van der Waals surface area contributed by atoms with Gasteiger partial charge in [0.2, 0.25) is 0 Å². The van der Waals surface area contributed by atoms with E-state index < -0.39 is 18.4 Å². The van der Waals surface area contributed by atoms with Gasteiger partial charge in [-0.2, -0.15) is 0 Å². The minimum atomic E-state index is -2.50. The second-order valence-corrected chi connectivity index (χ2v) is 4.48. The number of benzene rings is 1. The van der Waals surface area contributed by atoms with Crippen LogP contribution in [-0.4, -0.2) is 23.5 Å². The molecule has 1 aromatic carbocycles. The van der Waals surface area contributed by atoms with Crippen LogP contribution in [-0.2, 0) is 0 Å². The molecule has 0 radical (unpaired) electrons. The average molecular weight is 224 g/mol. The highest BCUT2D eigenvalue weighted by Gasteiger charge is 2.35. The molecule has 16 heavy (non-hydrogen) atoms. The number of hydrogen-bond acceptors (Lipinski definition) is 2. The van der Waals surface area contributed by atoms with E-state index in [9.17, 15) is 0 Å². The van der Waals surface area contributed by atoms with Gasteiger partial charge in [0.05, 0.1) is 1.37 Å². The zero-order valence-corrected chi connectivity index (χ0v) is 9.61. The number of hydrogen-bond donors (Lipinski definition) is 1. The summed E-state index contributed by atoms with van der Waals surface area (Å²) in [7, 11) is 0. The Bertz CT molecular complexity index is 500. The van der Waals surface area contributed by atoms with Crippen molar-refractivity contribution in [2.75, 3.05) is 13.1 Å². The molecule has 2 unspecified atom stereocenters.